The summed E-state index contributed by atoms with van der Waals surface area (Å²) >= 11 is 0. The van der Waals surface area contributed by atoms with Gasteiger partial charge in [-0.1, -0.05) is 161 Å². The molecule has 0 fully saturated rings. The first-order chi connectivity index (χ1) is 30.8. The van der Waals surface area contributed by atoms with Crippen molar-refractivity contribution in [2.45, 2.75) is 42.9 Å². The lowest BCUT2D eigenvalue weighted by Crippen LogP contribution is -2.16. The molecule has 9 aromatic rings. The van der Waals surface area contributed by atoms with Crippen molar-refractivity contribution in [2.75, 3.05) is 4.90 Å². The van der Waals surface area contributed by atoms with E-state index in [0.717, 1.165) is 50.4 Å². The lowest BCUT2D eigenvalue weighted by atomic mass is 9.82. The highest BCUT2D eigenvalue weighted by atomic mass is 32.2. The van der Waals surface area contributed by atoms with Gasteiger partial charge >= 0.3 is 0 Å². The van der Waals surface area contributed by atoms with E-state index in [1.165, 1.54) is 43.8 Å². The molecule has 310 valence electrons. The van der Waals surface area contributed by atoms with Crippen molar-refractivity contribution >= 4 is 48.4 Å². The average molecular weight is 838 g/mol. The summed E-state index contributed by atoms with van der Waals surface area (Å²) in [5, 5.41) is 4.81. The van der Waals surface area contributed by atoms with E-state index in [1.807, 2.05) is 56.3 Å². The SMILES string of the molecule is C=C.C=C.CC.CC1(C)c2ccccc2-c2ccc(N(c3ccc(-c4ccc5c(c4)-c4cc(-c6ccccc6)ccc4S5(=O)=O)cc3)c3cc4ccccc4c4ccccc34)cc21. The van der Waals surface area contributed by atoms with E-state index in [9.17, 15) is 8.42 Å². The molecule has 0 unspecified atom stereocenters. The zero-order valence-electron chi connectivity index (χ0n) is 36.4. The van der Waals surface area contributed by atoms with E-state index in [4.69, 9.17) is 0 Å². The number of nitrogens with zero attached hydrogens (tertiary/aromatic N) is 1. The van der Waals surface area contributed by atoms with Gasteiger partial charge in [0.2, 0.25) is 9.84 Å². The van der Waals surface area contributed by atoms with Crippen molar-refractivity contribution < 1.29 is 8.42 Å². The van der Waals surface area contributed by atoms with Crippen LogP contribution in [-0.4, -0.2) is 8.42 Å². The molecule has 0 atom stereocenters. The number of anilines is 3. The van der Waals surface area contributed by atoms with E-state index in [2.05, 4.69) is 179 Å². The van der Waals surface area contributed by atoms with Crippen LogP contribution in [0.4, 0.5) is 17.1 Å². The maximum atomic E-state index is 13.7. The standard InChI is InChI=1S/C53H37NO2S.C2H6.2C2H4/c1-53(2)48-19-11-10-17-43(48)44-27-26-40(33-49(44)53)54(50-32-38-14-6-7-15-41(38)42-16-8-9-18-45(42)50)39-24-20-35(21-25-39)37-23-29-52-47(31-37)46-30-36(34-12-4-3-5-13-34)22-28-51(46)57(52,55)56;3*1-2/h3-33H,1-2H3;1-2H3;2*1-2H2. The van der Waals surface area contributed by atoms with Crippen LogP contribution in [-0.2, 0) is 15.3 Å². The minimum atomic E-state index is -3.61. The van der Waals surface area contributed by atoms with Gasteiger partial charge < -0.3 is 4.90 Å². The lowest BCUT2D eigenvalue weighted by molar-refractivity contribution is 0.598. The van der Waals surface area contributed by atoms with E-state index in [1.54, 1.807) is 12.1 Å². The van der Waals surface area contributed by atoms with Gasteiger partial charge in [-0.2, -0.15) is 0 Å². The van der Waals surface area contributed by atoms with Gasteiger partial charge in [0, 0.05) is 33.3 Å². The topological polar surface area (TPSA) is 37.4 Å². The third-order valence-corrected chi connectivity index (χ3v) is 14.1. The Labute approximate surface area is 372 Å². The normalized spacial score (nSPS) is 13.1. The molecule has 1 aliphatic heterocycles. The summed E-state index contributed by atoms with van der Waals surface area (Å²) in [5.41, 5.74) is 13.9. The van der Waals surface area contributed by atoms with Gasteiger partial charge in [-0.05, 0) is 115 Å². The fraction of sp³-hybridized carbons (Fsp3) is 0.0847. The van der Waals surface area contributed by atoms with Crippen LogP contribution in [0.3, 0.4) is 0 Å². The predicted molar refractivity (Wildman–Crippen MR) is 269 cm³/mol. The number of sulfone groups is 1. The van der Waals surface area contributed by atoms with E-state index in [0.29, 0.717) is 9.79 Å². The minimum absolute atomic E-state index is 0.148. The smallest absolute Gasteiger partial charge is 0.207 e. The molecule has 1 heterocycles. The maximum absolute atomic E-state index is 13.7. The van der Waals surface area contributed by atoms with Crippen LogP contribution in [0.2, 0.25) is 0 Å². The summed E-state index contributed by atoms with van der Waals surface area (Å²) in [6.07, 6.45) is 0. The first-order valence-electron chi connectivity index (χ1n) is 21.4. The molecular formula is C59H51NO2S. The Hall–Kier alpha value is -7.27. The van der Waals surface area contributed by atoms with Gasteiger partial charge in [-0.3, -0.25) is 0 Å². The molecular weight excluding hydrogens is 787 g/mol. The summed E-state index contributed by atoms with van der Waals surface area (Å²) < 4.78 is 27.4. The van der Waals surface area contributed by atoms with Crippen LogP contribution in [0.25, 0.3) is 66.1 Å². The Morgan fingerprint density at radius 3 is 1.56 bits per heavy atom. The molecule has 4 heteroatoms. The molecule has 0 saturated carbocycles. The van der Waals surface area contributed by atoms with Gasteiger partial charge in [0.05, 0.1) is 15.5 Å². The molecule has 0 bridgehead atoms. The highest BCUT2D eigenvalue weighted by molar-refractivity contribution is 7.92. The molecule has 11 rings (SSSR count). The molecule has 0 amide bonds. The summed E-state index contributed by atoms with van der Waals surface area (Å²) in [6, 6.07) is 65.6. The van der Waals surface area contributed by atoms with Gasteiger partial charge in [0.1, 0.15) is 0 Å². The molecule has 0 spiro atoms. The predicted octanol–water partition coefficient (Wildman–Crippen LogP) is 16.5. The Morgan fingerprint density at radius 2 is 0.905 bits per heavy atom. The molecule has 2 aliphatic rings. The Kier molecular flexibility index (Phi) is 11.6. The summed E-state index contributed by atoms with van der Waals surface area (Å²) in [4.78, 5) is 3.12. The van der Waals surface area contributed by atoms with Crippen LogP contribution in [0.5, 0.6) is 0 Å². The Morgan fingerprint density at radius 1 is 0.413 bits per heavy atom. The van der Waals surface area contributed by atoms with Crippen molar-refractivity contribution in [3.8, 4) is 44.5 Å². The maximum Gasteiger partial charge on any atom is 0.207 e. The second-order valence-corrected chi connectivity index (χ2v) is 17.6. The second-order valence-electron chi connectivity index (χ2n) is 15.7. The van der Waals surface area contributed by atoms with E-state index in [-0.39, 0.29) is 5.41 Å². The quantitative estimate of drug-likeness (QED) is 0.128. The third-order valence-electron chi connectivity index (χ3n) is 12.2. The largest absolute Gasteiger partial charge is 0.310 e. The summed E-state index contributed by atoms with van der Waals surface area (Å²) in [5.74, 6) is 0. The zero-order valence-corrected chi connectivity index (χ0v) is 37.2. The fourth-order valence-electron chi connectivity index (χ4n) is 9.34. The first kappa shape index (κ1) is 42.4. The summed E-state index contributed by atoms with van der Waals surface area (Å²) in [6.45, 7) is 20.7. The lowest BCUT2D eigenvalue weighted by Gasteiger charge is -2.29. The molecule has 0 aromatic heterocycles. The molecule has 63 heavy (non-hydrogen) atoms. The number of fused-ring (bicyclic) bond motifs is 9. The van der Waals surface area contributed by atoms with Crippen LogP contribution in [0.1, 0.15) is 38.8 Å². The van der Waals surface area contributed by atoms with Crippen LogP contribution in [0, 0.1) is 0 Å². The third kappa shape index (κ3) is 7.07. The molecule has 0 N–H and O–H groups in total. The Bertz CT molecular complexity index is 3250. The van der Waals surface area contributed by atoms with Crippen molar-refractivity contribution in [1.82, 2.24) is 0 Å². The summed E-state index contributed by atoms with van der Waals surface area (Å²) in [7, 11) is -3.61. The molecule has 3 nitrogen and oxygen atoms in total. The minimum Gasteiger partial charge on any atom is -0.310 e. The van der Waals surface area contributed by atoms with Crippen molar-refractivity contribution in [2.24, 2.45) is 0 Å². The second kappa shape index (κ2) is 17.2. The molecule has 0 radical (unpaired) electrons. The van der Waals surface area contributed by atoms with E-state index < -0.39 is 9.84 Å². The molecule has 9 aromatic carbocycles. The average Bonchev–Trinajstić information content (AvgIpc) is 3.72. The van der Waals surface area contributed by atoms with Crippen LogP contribution in [0.15, 0.2) is 224 Å². The van der Waals surface area contributed by atoms with Crippen molar-refractivity contribution in [3.63, 3.8) is 0 Å². The molecule has 1 aliphatic carbocycles. The van der Waals surface area contributed by atoms with E-state index >= 15 is 0 Å². The van der Waals surface area contributed by atoms with Crippen molar-refractivity contribution in [3.05, 3.63) is 226 Å². The Balaban J connectivity index is 0.000000872. The number of rotatable bonds is 5. The number of hydrogen-bond acceptors (Lipinski definition) is 3. The van der Waals surface area contributed by atoms with Gasteiger partial charge in [-0.25, -0.2) is 8.42 Å². The van der Waals surface area contributed by atoms with Crippen LogP contribution < -0.4 is 4.90 Å². The first-order valence-corrected chi connectivity index (χ1v) is 22.9. The van der Waals surface area contributed by atoms with Gasteiger partial charge in [-0.15, -0.1) is 26.3 Å². The highest BCUT2D eigenvalue weighted by Crippen LogP contribution is 2.52. The fourth-order valence-corrected chi connectivity index (χ4v) is 11.0. The zero-order chi connectivity index (χ0) is 44.5. The number of hydrogen-bond donors (Lipinski definition) is 0. The highest BCUT2D eigenvalue weighted by Gasteiger charge is 2.36. The van der Waals surface area contributed by atoms with Crippen LogP contribution >= 0.6 is 0 Å². The van der Waals surface area contributed by atoms with Gasteiger partial charge in [0.15, 0.2) is 0 Å². The van der Waals surface area contributed by atoms with Gasteiger partial charge in [0.25, 0.3) is 0 Å². The monoisotopic (exact) mass is 837 g/mol. The molecule has 0 saturated heterocycles. The number of benzene rings is 9. The van der Waals surface area contributed by atoms with Crippen molar-refractivity contribution in [1.29, 1.82) is 0 Å².